The zero-order chi connectivity index (χ0) is 3.58. The average molecular weight is 239 g/mol. The summed E-state index contributed by atoms with van der Waals surface area (Å²) in [5.74, 6) is 0. The van der Waals surface area contributed by atoms with Crippen molar-refractivity contribution in [1.29, 1.82) is 0 Å². The SMILES string of the molecule is N.N.N.N.N.[Cl][Ti]([Cl])[Cl]. The van der Waals surface area contributed by atoms with Crippen LogP contribution >= 0.6 is 27.9 Å². The van der Waals surface area contributed by atoms with E-state index in [0.29, 0.717) is 0 Å². The van der Waals surface area contributed by atoms with Gasteiger partial charge in [0, 0.05) is 0 Å². The Morgan fingerprint density at radius 1 is 0.556 bits per heavy atom. The normalized spacial score (nSPS) is 3.00. The predicted molar refractivity (Wildman–Crippen MR) is 42.7 cm³/mol. The van der Waals surface area contributed by atoms with E-state index in [0.717, 1.165) is 0 Å². The molecule has 0 aliphatic carbocycles. The molecular weight excluding hydrogens is 224 g/mol. The molecule has 0 spiro atoms. The molecule has 9 heavy (non-hydrogen) atoms. The Bertz CT molecular complexity index is 16.9. The molecule has 0 saturated heterocycles. The summed E-state index contributed by atoms with van der Waals surface area (Å²) in [6.45, 7) is 0. The molecular formula is H15Cl3N5Ti. The van der Waals surface area contributed by atoms with Gasteiger partial charge in [-0.15, -0.1) is 0 Å². The first-order valence-corrected chi connectivity index (χ1v) is 7.01. The summed E-state index contributed by atoms with van der Waals surface area (Å²) >= 11 is -1.92. The fraction of sp³-hybridized carbons (Fsp3) is 0. The molecule has 0 aromatic carbocycles. The second-order valence-electron chi connectivity index (χ2n) is 0.214. The molecule has 0 radical (unpaired) electrons. The van der Waals surface area contributed by atoms with E-state index < -0.39 is 14.7 Å². The van der Waals surface area contributed by atoms with Crippen molar-refractivity contribution in [1.82, 2.24) is 30.8 Å². The van der Waals surface area contributed by atoms with Crippen molar-refractivity contribution >= 4 is 27.9 Å². The quantitative estimate of drug-likeness (QED) is 0.407. The number of rotatable bonds is 0. The van der Waals surface area contributed by atoms with E-state index in [-0.39, 0.29) is 30.8 Å². The van der Waals surface area contributed by atoms with Gasteiger partial charge < -0.3 is 30.8 Å². The zero-order valence-corrected chi connectivity index (χ0v) is 9.00. The molecule has 0 saturated carbocycles. The second-order valence-corrected chi connectivity index (χ2v) is 7.95. The fourth-order valence-corrected chi connectivity index (χ4v) is 0. The Labute approximate surface area is 73.2 Å². The average Bonchev–Trinajstić information content (AvgIpc) is 0.811. The summed E-state index contributed by atoms with van der Waals surface area (Å²) < 4.78 is 0. The van der Waals surface area contributed by atoms with Crippen molar-refractivity contribution in [2.45, 2.75) is 0 Å². The van der Waals surface area contributed by atoms with E-state index in [2.05, 4.69) is 0 Å². The van der Waals surface area contributed by atoms with E-state index in [9.17, 15) is 0 Å². The number of hydrogen-bond donors (Lipinski definition) is 5. The van der Waals surface area contributed by atoms with Crippen molar-refractivity contribution in [3.05, 3.63) is 0 Å². The Balaban J connectivity index is -0.00000000450. The molecule has 0 heterocycles. The van der Waals surface area contributed by atoms with Crippen molar-refractivity contribution in [3.8, 4) is 0 Å². The van der Waals surface area contributed by atoms with E-state index in [1.54, 1.807) is 0 Å². The molecule has 0 rings (SSSR count). The first-order chi connectivity index (χ1) is 1.73. The Morgan fingerprint density at radius 3 is 0.556 bits per heavy atom. The van der Waals surface area contributed by atoms with Crippen LogP contribution in [-0.4, -0.2) is 0 Å². The van der Waals surface area contributed by atoms with Gasteiger partial charge in [0.25, 0.3) is 0 Å². The van der Waals surface area contributed by atoms with Crippen LogP contribution in [0.15, 0.2) is 0 Å². The fourth-order valence-electron chi connectivity index (χ4n) is 0. The van der Waals surface area contributed by atoms with Crippen molar-refractivity contribution in [2.24, 2.45) is 0 Å². The topological polar surface area (TPSA) is 175 Å². The van der Waals surface area contributed by atoms with Crippen molar-refractivity contribution in [2.75, 3.05) is 0 Å². The minimum atomic E-state index is -1.92. The molecule has 5 nitrogen and oxygen atoms in total. The van der Waals surface area contributed by atoms with E-state index in [1.165, 1.54) is 0 Å². The van der Waals surface area contributed by atoms with Crippen molar-refractivity contribution in [3.63, 3.8) is 0 Å². The minimum absolute atomic E-state index is 0. The molecule has 0 amide bonds. The van der Waals surface area contributed by atoms with Gasteiger partial charge in [-0.2, -0.15) is 0 Å². The first-order valence-electron chi connectivity index (χ1n) is 0.567. The third-order valence-electron chi connectivity index (χ3n) is 0. The predicted octanol–water partition coefficient (Wildman–Crippen LogP) is 2.88. The Hall–Kier alpha value is 1.38. The van der Waals surface area contributed by atoms with Crippen LogP contribution in [0, 0.1) is 0 Å². The Kier molecular flexibility index (Phi) is 181. The van der Waals surface area contributed by atoms with Gasteiger partial charge in [0.05, 0.1) is 0 Å². The van der Waals surface area contributed by atoms with Crippen LogP contribution in [0.25, 0.3) is 0 Å². The van der Waals surface area contributed by atoms with E-state index in [1.807, 2.05) is 0 Å². The van der Waals surface area contributed by atoms with Crippen LogP contribution < -0.4 is 30.8 Å². The summed E-state index contributed by atoms with van der Waals surface area (Å²) in [7, 11) is 14.9. The number of hydrogen-bond acceptors (Lipinski definition) is 5. The molecule has 9 heteroatoms. The van der Waals surface area contributed by atoms with Gasteiger partial charge in [-0.05, 0) is 0 Å². The van der Waals surface area contributed by atoms with E-state index >= 15 is 0 Å². The van der Waals surface area contributed by atoms with Crippen LogP contribution in [0.2, 0.25) is 0 Å². The van der Waals surface area contributed by atoms with Gasteiger partial charge in [0.15, 0.2) is 0 Å². The van der Waals surface area contributed by atoms with Gasteiger partial charge in [-0.3, -0.25) is 0 Å². The van der Waals surface area contributed by atoms with Crippen LogP contribution in [-0.2, 0) is 14.7 Å². The van der Waals surface area contributed by atoms with Crippen LogP contribution in [0.4, 0.5) is 0 Å². The van der Waals surface area contributed by atoms with Gasteiger partial charge in [-0.25, -0.2) is 0 Å². The van der Waals surface area contributed by atoms with Gasteiger partial charge in [-0.1, -0.05) is 0 Å². The van der Waals surface area contributed by atoms with Crippen molar-refractivity contribution < 1.29 is 14.7 Å². The standard InChI is InChI=1S/3ClH.5H3N.Ti/h3*1H;5*1H3;/q;;;;;;;;+3/p-3. The molecule has 0 aliphatic rings. The third kappa shape index (κ3) is 267. The molecule has 0 fully saturated rings. The zero-order valence-electron chi connectivity index (χ0n) is 5.17. The van der Waals surface area contributed by atoms with Gasteiger partial charge in [0.2, 0.25) is 0 Å². The van der Waals surface area contributed by atoms with E-state index in [4.69, 9.17) is 27.9 Å². The van der Waals surface area contributed by atoms with Crippen LogP contribution in [0.3, 0.4) is 0 Å². The van der Waals surface area contributed by atoms with Crippen LogP contribution in [0.1, 0.15) is 0 Å². The molecule has 65 valence electrons. The first kappa shape index (κ1) is 47.6. The summed E-state index contributed by atoms with van der Waals surface area (Å²) in [6, 6.07) is 0. The second kappa shape index (κ2) is 34.3. The molecule has 0 aromatic heterocycles. The summed E-state index contributed by atoms with van der Waals surface area (Å²) in [4.78, 5) is 0. The molecule has 0 aliphatic heterocycles. The summed E-state index contributed by atoms with van der Waals surface area (Å²) in [5.41, 5.74) is 0. The third-order valence-corrected chi connectivity index (χ3v) is 0. The molecule has 15 N–H and O–H groups in total. The number of halogens is 3. The maximum absolute atomic E-state index is 4.97. The molecule has 0 atom stereocenters. The maximum atomic E-state index is 4.97. The molecule has 0 bridgehead atoms. The van der Waals surface area contributed by atoms with Gasteiger partial charge >= 0.3 is 42.6 Å². The summed E-state index contributed by atoms with van der Waals surface area (Å²) in [5, 5.41) is 0. The molecule has 0 aromatic rings. The Morgan fingerprint density at radius 2 is 0.556 bits per heavy atom. The monoisotopic (exact) mass is 238 g/mol. The van der Waals surface area contributed by atoms with Gasteiger partial charge in [0.1, 0.15) is 0 Å². The van der Waals surface area contributed by atoms with Crippen LogP contribution in [0.5, 0.6) is 0 Å². The molecule has 0 unspecified atom stereocenters. The summed E-state index contributed by atoms with van der Waals surface area (Å²) in [6.07, 6.45) is 0.